The van der Waals surface area contributed by atoms with E-state index in [0.29, 0.717) is 53.2 Å². The van der Waals surface area contributed by atoms with Gasteiger partial charge in [-0.15, -0.1) is 0 Å². The molecule has 28 heavy (non-hydrogen) atoms. The molecule has 2 aromatic rings. The fraction of sp³-hybridized carbons (Fsp3) is 0.500. The number of hydrogen-bond acceptors (Lipinski definition) is 4. The fourth-order valence-electron chi connectivity index (χ4n) is 3.50. The van der Waals surface area contributed by atoms with Crippen molar-refractivity contribution in [2.24, 2.45) is 5.92 Å². The summed E-state index contributed by atoms with van der Waals surface area (Å²) in [5.41, 5.74) is 0.957. The topological polar surface area (TPSA) is 65.5 Å². The highest BCUT2D eigenvalue weighted by atomic mass is 35.5. The lowest BCUT2D eigenvalue weighted by atomic mass is 9.87. The van der Waals surface area contributed by atoms with Crippen molar-refractivity contribution >= 4 is 34.2 Å². The van der Waals surface area contributed by atoms with Gasteiger partial charge in [0.05, 0.1) is 22.7 Å². The number of aliphatic hydroxyl groups excluding tert-OH is 1. The summed E-state index contributed by atoms with van der Waals surface area (Å²) in [4.78, 5) is 19.1. The van der Waals surface area contributed by atoms with Gasteiger partial charge in [0.25, 0.3) is 5.91 Å². The molecule has 2 N–H and O–H groups in total. The highest BCUT2D eigenvalue weighted by Crippen LogP contribution is 2.36. The number of aliphatic hydroxyl groups is 1. The van der Waals surface area contributed by atoms with Gasteiger partial charge in [-0.05, 0) is 43.0 Å². The maximum absolute atomic E-state index is 13.3. The molecule has 0 radical (unpaired) electrons. The van der Waals surface area contributed by atoms with Gasteiger partial charge in [-0.3, -0.25) is 4.79 Å². The molecule has 1 aromatic carbocycles. The number of carbonyl (C=O) groups excluding carboxylic acids is 1. The first-order valence-electron chi connectivity index (χ1n) is 9.38. The van der Waals surface area contributed by atoms with Gasteiger partial charge in [0.15, 0.2) is 0 Å². The zero-order valence-electron chi connectivity index (χ0n) is 15.7. The molecule has 1 saturated carbocycles. The summed E-state index contributed by atoms with van der Waals surface area (Å²) in [6.07, 6.45) is 0.546. The van der Waals surface area contributed by atoms with Crippen molar-refractivity contribution in [1.29, 1.82) is 0 Å². The van der Waals surface area contributed by atoms with Gasteiger partial charge in [-0.2, -0.15) is 0 Å². The number of nitrogens with one attached hydrogen (secondary N) is 1. The average molecular weight is 412 g/mol. The van der Waals surface area contributed by atoms with Crippen LogP contribution in [0.25, 0.3) is 10.9 Å². The van der Waals surface area contributed by atoms with Gasteiger partial charge in [0.1, 0.15) is 5.82 Å². The van der Waals surface area contributed by atoms with E-state index in [9.17, 15) is 13.6 Å². The summed E-state index contributed by atoms with van der Waals surface area (Å²) in [7, 11) is 1.82. The molecule has 1 amide bonds. The van der Waals surface area contributed by atoms with Crippen molar-refractivity contribution < 1.29 is 18.7 Å². The largest absolute Gasteiger partial charge is 0.395 e. The molecule has 0 aliphatic heterocycles. The number of anilines is 1. The minimum absolute atomic E-state index is 0.0115. The number of carbonyl (C=O) groups is 1. The van der Waals surface area contributed by atoms with E-state index in [0.717, 1.165) is 0 Å². The number of alkyl halides is 2. The number of aromatic nitrogens is 1. The van der Waals surface area contributed by atoms with E-state index in [-0.39, 0.29) is 31.3 Å². The quantitative estimate of drug-likeness (QED) is 0.757. The molecule has 1 aliphatic rings. The summed E-state index contributed by atoms with van der Waals surface area (Å²) in [6.45, 7) is 0.809. The van der Waals surface area contributed by atoms with Crippen LogP contribution in [0.5, 0.6) is 0 Å². The van der Waals surface area contributed by atoms with Crippen LogP contribution in [-0.4, -0.2) is 48.7 Å². The Morgan fingerprint density at radius 1 is 1.32 bits per heavy atom. The van der Waals surface area contributed by atoms with Crippen molar-refractivity contribution in [3.05, 3.63) is 34.9 Å². The summed E-state index contributed by atoms with van der Waals surface area (Å²) in [5.74, 6) is -2.18. The first-order valence-corrected chi connectivity index (χ1v) is 9.76. The predicted molar refractivity (Wildman–Crippen MR) is 106 cm³/mol. The van der Waals surface area contributed by atoms with E-state index in [2.05, 4.69) is 10.3 Å². The highest BCUT2D eigenvalue weighted by molar-refractivity contribution is 6.35. The van der Waals surface area contributed by atoms with E-state index in [1.54, 1.807) is 24.3 Å². The molecule has 0 unspecified atom stereocenters. The Labute approximate surface area is 167 Å². The number of benzene rings is 1. The summed E-state index contributed by atoms with van der Waals surface area (Å²) in [6, 6.07) is 6.93. The summed E-state index contributed by atoms with van der Waals surface area (Å²) < 4.78 is 26.6. The first-order chi connectivity index (χ1) is 13.3. The molecule has 1 fully saturated rings. The van der Waals surface area contributed by atoms with Crippen LogP contribution in [-0.2, 0) is 0 Å². The van der Waals surface area contributed by atoms with E-state index in [1.807, 2.05) is 11.9 Å². The zero-order chi connectivity index (χ0) is 20.3. The third kappa shape index (κ3) is 4.70. The van der Waals surface area contributed by atoms with Crippen LogP contribution in [0.2, 0.25) is 5.02 Å². The van der Waals surface area contributed by atoms with Gasteiger partial charge >= 0.3 is 0 Å². The molecule has 152 valence electrons. The number of rotatable bonds is 6. The van der Waals surface area contributed by atoms with Crippen molar-refractivity contribution in [3.63, 3.8) is 0 Å². The lowest BCUT2D eigenvalue weighted by molar-refractivity contribution is -0.0452. The second-order valence-corrected chi connectivity index (χ2v) is 7.72. The number of amides is 1. The van der Waals surface area contributed by atoms with Crippen LogP contribution in [0.3, 0.4) is 0 Å². The lowest BCUT2D eigenvalue weighted by Crippen LogP contribution is -2.34. The van der Waals surface area contributed by atoms with E-state index >= 15 is 0 Å². The predicted octanol–water partition coefficient (Wildman–Crippen LogP) is 3.87. The maximum atomic E-state index is 13.3. The van der Waals surface area contributed by atoms with Crippen molar-refractivity contribution in [1.82, 2.24) is 10.3 Å². The average Bonchev–Trinajstić information content (AvgIpc) is 2.66. The Bertz CT molecular complexity index is 853. The Morgan fingerprint density at radius 3 is 2.71 bits per heavy atom. The van der Waals surface area contributed by atoms with Crippen LogP contribution < -0.4 is 10.2 Å². The Kier molecular flexibility index (Phi) is 6.35. The van der Waals surface area contributed by atoms with E-state index in [1.165, 1.54) is 0 Å². The number of halogens is 3. The monoisotopic (exact) mass is 411 g/mol. The number of hydrogen-bond donors (Lipinski definition) is 2. The van der Waals surface area contributed by atoms with Gasteiger partial charge in [-0.25, -0.2) is 13.8 Å². The van der Waals surface area contributed by atoms with E-state index < -0.39 is 5.92 Å². The number of nitrogens with zero attached hydrogens (tertiary/aromatic N) is 2. The third-order valence-corrected chi connectivity index (χ3v) is 5.56. The van der Waals surface area contributed by atoms with E-state index in [4.69, 9.17) is 16.7 Å². The highest BCUT2D eigenvalue weighted by Gasteiger charge is 2.34. The number of pyridine rings is 1. The van der Waals surface area contributed by atoms with Crippen LogP contribution in [0, 0.1) is 5.92 Å². The smallest absolute Gasteiger partial charge is 0.253 e. The second kappa shape index (κ2) is 8.57. The van der Waals surface area contributed by atoms with Crippen LogP contribution >= 0.6 is 11.6 Å². The number of fused-ring (bicyclic) bond motifs is 1. The van der Waals surface area contributed by atoms with Crippen molar-refractivity contribution in [3.8, 4) is 0 Å². The van der Waals surface area contributed by atoms with Crippen molar-refractivity contribution in [2.75, 3.05) is 31.6 Å². The van der Waals surface area contributed by atoms with Crippen LogP contribution in [0.15, 0.2) is 24.3 Å². The molecular weight excluding hydrogens is 388 g/mol. The molecule has 1 heterocycles. The summed E-state index contributed by atoms with van der Waals surface area (Å²) in [5, 5.41) is 12.9. The molecule has 0 spiro atoms. The Morgan fingerprint density at radius 2 is 2.04 bits per heavy atom. The minimum atomic E-state index is -2.58. The van der Waals surface area contributed by atoms with Crippen LogP contribution in [0.4, 0.5) is 14.6 Å². The molecule has 5 nitrogen and oxygen atoms in total. The van der Waals surface area contributed by atoms with Crippen LogP contribution in [0.1, 0.15) is 36.0 Å². The number of likely N-dealkylation sites (N-methyl/N-ethyl adjacent to an activating group) is 1. The normalized spacial score (nSPS) is 16.9. The molecule has 0 atom stereocenters. The molecular formula is C20H24ClF2N3O2. The van der Waals surface area contributed by atoms with Gasteiger partial charge in [-0.1, -0.05) is 11.6 Å². The van der Waals surface area contributed by atoms with Gasteiger partial charge in [0.2, 0.25) is 5.92 Å². The molecule has 0 bridgehead atoms. The SMILES string of the molecule is CN(CCO)c1ccc2c(C(=O)NCC3CCC(F)(F)CC3)c(Cl)ccc2n1. The van der Waals surface area contributed by atoms with Gasteiger partial charge in [0, 0.05) is 38.4 Å². The molecule has 1 aromatic heterocycles. The fourth-order valence-corrected chi connectivity index (χ4v) is 3.75. The second-order valence-electron chi connectivity index (χ2n) is 7.31. The minimum Gasteiger partial charge on any atom is -0.395 e. The molecule has 3 rings (SSSR count). The molecule has 1 aliphatic carbocycles. The first kappa shape index (κ1) is 20.7. The zero-order valence-corrected chi connectivity index (χ0v) is 16.5. The van der Waals surface area contributed by atoms with Gasteiger partial charge < -0.3 is 15.3 Å². The standard InChI is InChI=1S/C20H24ClF2N3O2/c1-26(10-11-27)17-5-2-14-16(25-17)4-3-15(21)18(14)19(28)24-12-13-6-8-20(22,23)9-7-13/h2-5,13,27H,6-12H2,1H3,(H,24,28). The van der Waals surface area contributed by atoms with Crippen molar-refractivity contribution in [2.45, 2.75) is 31.6 Å². The maximum Gasteiger partial charge on any atom is 0.253 e. The Balaban J connectivity index is 1.76. The lowest BCUT2D eigenvalue weighted by Gasteiger charge is -2.28. The molecule has 0 saturated heterocycles. The third-order valence-electron chi connectivity index (χ3n) is 5.25. The molecule has 8 heteroatoms. The Hall–Kier alpha value is -1.99. The summed E-state index contributed by atoms with van der Waals surface area (Å²) >= 11 is 6.28.